The molecular weight excluding hydrogens is 353 g/mol. The van der Waals surface area contributed by atoms with Gasteiger partial charge in [0.15, 0.2) is 0 Å². The zero-order chi connectivity index (χ0) is 17.9. The van der Waals surface area contributed by atoms with Crippen LogP contribution in [0.1, 0.15) is 5.56 Å². The van der Waals surface area contributed by atoms with Crippen molar-refractivity contribution in [2.45, 2.75) is 17.7 Å². The summed E-state index contributed by atoms with van der Waals surface area (Å²) in [6, 6.07) is 13.2. The first kappa shape index (κ1) is 17.8. The summed E-state index contributed by atoms with van der Waals surface area (Å²) in [6.45, 7) is 2.14. The third-order valence-electron chi connectivity index (χ3n) is 3.87. The summed E-state index contributed by atoms with van der Waals surface area (Å²) in [5.74, 6) is -0.332. The largest absolute Gasteiger partial charge is 0.573 e. The van der Waals surface area contributed by atoms with E-state index in [1.165, 1.54) is 23.4 Å². The molecule has 1 unspecified atom stereocenters. The van der Waals surface area contributed by atoms with E-state index in [0.717, 1.165) is 25.1 Å². The van der Waals surface area contributed by atoms with Gasteiger partial charge in [0.05, 0.1) is 4.90 Å². The molecule has 8 heteroatoms. The molecule has 1 heterocycles. The molecule has 0 amide bonds. The van der Waals surface area contributed by atoms with Gasteiger partial charge in [0.2, 0.25) is 0 Å². The predicted octanol–water partition coefficient (Wildman–Crippen LogP) is 3.26. The number of para-hydroxylation sites is 1. The van der Waals surface area contributed by atoms with E-state index in [1.54, 1.807) is 0 Å². The average molecular weight is 370 g/mol. The van der Waals surface area contributed by atoms with Crippen molar-refractivity contribution < 1.29 is 22.1 Å². The van der Waals surface area contributed by atoms with E-state index >= 15 is 0 Å². The monoisotopic (exact) mass is 370 g/mol. The number of ether oxygens (including phenoxy) is 1. The highest BCUT2D eigenvalue weighted by Gasteiger charge is 2.31. The first-order chi connectivity index (χ1) is 11.9. The van der Waals surface area contributed by atoms with Crippen LogP contribution in [-0.4, -0.2) is 30.2 Å². The van der Waals surface area contributed by atoms with Crippen LogP contribution in [0, 0.1) is 0 Å². The number of nitrogens with zero attached hydrogens (tertiary/aromatic N) is 1. The first-order valence-corrected chi connectivity index (χ1v) is 8.91. The summed E-state index contributed by atoms with van der Waals surface area (Å²) in [7, 11) is -1.49. The molecule has 0 radical (unpaired) electrons. The van der Waals surface area contributed by atoms with Crippen molar-refractivity contribution in [1.29, 1.82) is 0 Å². The fourth-order valence-electron chi connectivity index (χ4n) is 2.76. The van der Waals surface area contributed by atoms with E-state index in [2.05, 4.69) is 26.5 Å². The highest BCUT2D eigenvalue weighted by atomic mass is 32.2. The van der Waals surface area contributed by atoms with Crippen molar-refractivity contribution >= 4 is 16.7 Å². The van der Waals surface area contributed by atoms with Crippen LogP contribution in [0.2, 0.25) is 0 Å². The van der Waals surface area contributed by atoms with Crippen molar-refractivity contribution in [2.75, 3.05) is 24.5 Å². The number of hydrogen-bond donors (Lipinski definition) is 1. The Morgan fingerprint density at radius 3 is 2.56 bits per heavy atom. The molecule has 1 aliphatic rings. The summed E-state index contributed by atoms with van der Waals surface area (Å²) in [6.07, 6.45) is -3.73. The minimum atomic E-state index is -4.73. The molecule has 2 aromatic carbocycles. The maximum absolute atomic E-state index is 12.2. The third kappa shape index (κ3) is 4.73. The summed E-state index contributed by atoms with van der Waals surface area (Å²) in [4.78, 5) is 2.62. The molecule has 0 fully saturated rings. The molecule has 1 N–H and O–H groups in total. The first-order valence-electron chi connectivity index (χ1n) is 7.76. The van der Waals surface area contributed by atoms with Crippen LogP contribution in [0.15, 0.2) is 53.4 Å². The minimum absolute atomic E-state index is 0.332. The Kier molecular flexibility index (Phi) is 5.29. The lowest BCUT2D eigenvalue weighted by molar-refractivity contribution is -0.274. The van der Waals surface area contributed by atoms with E-state index in [-0.39, 0.29) is 5.75 Å². The quantitative estimate of drug-likeness (QED) is 0.849. The number of alkyl halides is 3. The Bertz CT molecular complexity index is 750. The average Bonchev–Trinajstić information content (AvgIpc) is 2.97. The van der Waals surface area contributed by atoms with Gasteiger partial charge in [-0.25, -0.2) is 8.93 Å². The van der Waals surface area contributed by atoms with Crippen molar-refractivity contribution in [1.82, 2.24) is 4.72 Å². The highest BCUT2D eigenvalue weighted by Crippen LogP contribution is 2.27. The summed E-state index contributed by atoms with van der Waals surface area (Å²) in [5.41, 5.74) is 2.51. The molecule has 3 rings (SSSR count). The highest BCUT2D eigenvalue weighted by molar-refractivity contribution is 7.83. The van der Waals surface area contributed by atoms with Gasteiger partial charge >= 0.3 is 6.36 Å². The second-order valence-electron chi connectivity index (χ2n) is 5.55. The molecule has 0 aromatic heterocycles. The molecule has 0 saturated heterocycles. The van der Waals surface area contributed by atoms with Gasteiger partial charge < -0.3 is 9.64 Å². The lowest BCUT2D eigenvalue weighted by Crippen LogP contribution is -2.31. The Morgan fingerprint density at radius 2 is 1.84 bits per heavy atom. The van der Waals surface area contributed by atoms with Gasteiger partial charge in [0.25, 0.3) is 0 Å². The van der Waals surface area contributed by atoms with Gasteiger partial charge in [-0.15, -0.1) is 13.2 Å². The fraction of sp³-hybridized carbons (Fsp3) is 0.294. The molecular formula is C17H17F3N2O2S. The number of nitrogens with one attached hydrogen (secondary N) is 1. The summed E-state index contributed by atoms with van der Waals surface area (Å²) in [5, 5.41) is 0. The van der Waals surface area contributed by atoms with E-state index in [4.69, 9.17) is 0 Å². The maximum atomic E-state index is 12.2. The number of benzene rings is 2. The Morgan fingerprint density at radius 1 is 1.12 bits per heavy atom. The van der Waals surface area contributed by atoms with Gasteiger partial charge in [-0.3, -0.25) is 0 Å². The van der Waals surface area contributed by atoms with Crippen LogP contribution >= 0.6 is 0 Å². The number of hydrogen-bond acceptors (Lipinski definition) is 3. The summed E-state index contributed by atoms with van der Waals surface area (Å²) < 4.78 is 55.2. The zero-order valence-electron chi connectivity index (χ0n) is 13.3. The molecule has 4 nitrogen and oxygen atoms in total. The molecule has 0 saturated carbocycles. The summed E-state index contributed by atoms with van der Waals surface area (Å²) >= 11 is 0. The molecule has 1 aliphatic heterocycles. The van der Waals surface area contributed by atoms with Crippen LogP contribution in [-0.2, 0) is 17.4 Å². The molecule has 134 valence electrons. The van der Waals surface area contributed by atoms with Gasteiger partial charge in [-0.1, -0.05) is 18.2 Å². The Balaban J connectivity index is 1.50. The standard InChI is InChI=1S/C17H17F3N2O2S/c18-17(19,20)24-14-5-7-15(8-6-14)25(23)21-10-12-22-11-9-13-3-1-2-4-16(13)22/h1-8,21H,9-12H2. The zero-order valence-corrected chi connectivity index (χ0v) is 14.1. The number of fused-ring (bicyclic) bond motifs is 1. The van der Waals surface area contributed by atoms with Crippen molar-refractivity contribution in [2.24, 2.45) is 0 Å². The van der Waals surface area contributed by atoms with Crippen LogP contribution in [0.5, 0.6) is 5.75 Å². The lowest BCUT2D eigenvalue weighted by Gasteiger charge is -2.19. The van der Waals surface area contributed by atoms with Gasteiger partial charge in [0, 0.05) is 25.3 Å². The molecule has 1 atom stereocenters. The van der Waals surface area contributed by atoms with E-state index in [9.17, 15) is 17.4 Å². The molecule has 2 aromatic rings. The van der Waals surface area contributed by atoms with E-state index < -0.39 is 17.3 Å². The molecule has 0 bridgehead atoms. The lowest BCUT2D eigenvalue weighted by atomic mass is 10.2. The second kappa shape index (κ2) is 7.45. The van der Waals surface area contributed by atoms with Crippen molar-refractivity contribution in [3.8, 4) is 5.75 Å². The Labute approximate surface area is 146 Å². The molecule has 25 heavy (non-hydrogen) atoms. The number of rotatable bonds is 6. The van der Waals surface area contributed by atoms with Crippen LogP contribution < -0.4 is 14.4 Å². The van der Waals surface area contributed by atoms with Crippen molar-refractivity contribution in [3.63, 3.8) is 0 Å². The van der Waals surface area contributed by atoms with Gasteiger partial charge in [-0.2, -0.15) is 0 Å². The van der Waals surface area contributed by atoms with E-state index in [0.29, 0.717) is 18.0 Å². The maximum Gasteiger partial charge on any atom is 0.573 e. The van der Waals surface area contributed by atoms with E-state index in [1.807, 2.05) is 12.1 Å². The van der Waals surface area contributed by atoms with Crippen molar-refractivity contribution in [3.05, 3.63) is 54.1 Å². The van der Waals surface area contributed by atoms with Crippen LogP contribution in [0.25, 0.3) is 0 Å². The SMILES string of the molecule is O=S(NCCN1CCc2ccccc21)c1ccc(OC(F)(F)F)cc1. The fourth-order valence-corrected chi connectivity index (χ4v) is 3.59. The number of anilines is 1. The van der Waals surface area contributed by atoms with Gasteiger partial charge in [0.1, 0.15) is 16.7 Å². The number of halogens is 3. The van der Waals surface area contributed by atoms with Crippen LogP contribution in [0.3, 0.4) is 0 Å². The molecule has 0 aliphatic carbocycles. The minimum Gasteiger partial charge on any atom is -0.406 e. The third-order valence-corrected chi connectivity index (χ3v) is 5.04. The second-order valence-corrected chi connectivity index (χ2v) is 6.85. The van der Waals surface area contributed by atoms with Gasteiger partial charge in [-0.05, 0) is 42.3 Å². The molecule has 0 spiro atoms. The predicted molar refractivity (Wildman–Crippen MR) is 89.9 cm³/mol. The van der Waals surface area contributed by atoms with Crippen LogP contribution in [0.4, 0.5) is 18.9 Å². The normalized spacial score (nSPS) is 15.1. The Hall–Kier alpha value is -2.06. The topological polar surface area (TPSA) is 41.6 Å². The smallest absolute Gasteiger partial charge is 0.406 e.